The lowest BCUT2D eigenvalue weighted by Crippen LogP contribution is -2.31. The molecule has 0 aromatic carbocycles. The van der Waals surface area contributed by atoms with E-state index in [-0.39, 0.29) is 0 Å². The maximum absolute atomic E-state index is 12.8. The zero-order valence-electron chi connectivity index (χ0n) is 12.2. The van der Waals surface area contributed by atoms with Crippen LogP contribution in [-0.2, 0) is 4.79 Å². The number of carbonyl (C=O) groups is 1. The molecule has 2 heterocycles. The third-order valence-corrected chi connectivity index (χ3v) is 5.52. The predicted octanol–water partition coefficient (Wildman–Crippen LogP) is 4.61. The fourth-order valence-electron chi connectivity index (χ4n) is 3.33. The Kier molecular flexibility index (Phi) is 4.25. The summed E-state index contributed by atoms with van der Waals surface area (Å²) in [6, 6.07) is 4.70. The molecule has 2 nitrogen and oxygen atoms in total. The maximum Gasteiger partial charge on any atom is 0.249 e. The predicted molar refractivity (Wildman–Crippen MR) is 83.9 cm³/mol. The molecule has 0 unspecified atom stereocenters. The molecule has 0 N–H and O–H groups in total. The monoisotopic (exact) mass is 289 g/mol. The van der Waals surface area contributed by atoms with Crippen LogP contribution >= 0.6 is 11.3 Å². The first-order chi connectivity index (χ1) is 9.75. The fourth-order valence-corrected chi connectivity index (χ4v) is 4.36. The molecule has 1 aliphatic heterocycles. The lowest BCUT2D eigenvalue weighted by atomic mass is 10.1. The van der Waals surface area contributed by atoms with E-state index in [4.69, 9.17) is 0 Å². The number of amides is 1. The van der Waals surface area contributed by atoms with Crippen molar-refractivity contribution in [1.29, 1.82) is 0 Å². The van der Waals surface area contributed by atoms with E-state index in [1.807, 2.05) is 11.3 Å². The topological polar surface area (TPSA) is 20.3 Å². The summed E-state index contributed by atoms with van der Waals surface area (Å²) in [4.78, 5) is 17.6. The van der Waals surface area contributed by atoms with Gasteiger partial charge < -0.3 is 4.90 Å². The molecule has 1 aromatic heterocycles. The Labute approximate surface area is 125 Å². The molecule has 1 aromatic rings. The number of nitrogens with zero attached hydrogens (tertiary/aromatic N) is 1. The van der Waals surface area contributed by atoms with Gasteiger partial charge in [0.1, 0.15) is 0 Å². The van der Waals surface area contributed by atoms with Crippen LogP contribution in [0.2, 0.25) is 0 Å². The molecule has 1 fully saturated rings. The maximum atomic E-state index is 12.8. The van der Waals surface area contributed by atoms with Gasteiger partial charge in [0.2, 0.25) is 5.91 Å². The standard InChI is InChI=1S/C17H23NOS/c1-13-10-11-16(20-13)15-9-6-12-18(15)17(19)14-7-4-2-3-5-8-14/h7,10-11,15H,2-6,8-9,12H2,1H3/t15-/m1/s1. The van der Waals surface area contributed by atoms with Crippen LogP contribution in [0.25, 0.3) is 0 Å². The third-order valence-electron chi connectivity index (χ3n) is 4.42. The van der Waals surface area contributed by atoms with E-state index in [1.165, 1.54) is 29.0 Å². The first-order valence-electron chi connectivity index (χ1n) is 7.82. The van der Waals surface area contributed by atoms with Gasteiger partial charge in [-0.3, -0.25) is 4.79 Å². The lowest BCUT2D eigenvalue weighted by Gasteiger charge is -2.25. The summed E-state index contributed by atoms with van der Waals surface area (Å²) < 4.78 is 0. The van der Waals surface area contributed by atoms with Crippen molar-refractivity contribution in [3.63, 3.8) is 0 Å². The molecular formula is C17H23NOS. The largest absolute Gasteiger partial charge is 0.331 e. The number of hydrogen-bond donors (Lipinski definition) is 0. The minimum absolute atomic E-state index is 0.306. The van der Waals surface area contributed by atoms with Gasteiger partial charge in [-0.15, -0.1) is 11.3 Å². The highest BCUT2D eigenvalue weighted by molar-refractivity contribution is 7.12. The van der Waals surface area contributed by atoms with Crippen molar-refractivity contribution in [2.45, 2.75) is 57.9 Å². The number of carbonyl (C=O) groups excluding carboxylic acids is 1. The van der Waals surface area contributed by atoms with Gasteiger partial charge in [-0.2, -0.15) is 0 Å². The molecular weight excluding hydrogens is 266 g/mol. The minimum atomic E-state index is 0.306. The van der Waals surface area contributed by atoms with Crippen molar-refractivity contribution >= 4 is 17.2 Å². The Morgan fingerprint density at radius 3 is 2.95 bits per heavy atom. The number of rotatable bonds is 2. The summed E-state index contributed by atoms with van der Waals surface area (Å²) in [6.45, 7) is 3.07. The van der Waals surface area contributed by atoms with E-state index in [1.54, 1.807) is 0 Å². The number of thiophene rings is 1. The smallest absolute Gasteiger partial charge is 0.249 e. The van der Waals surface area contributed by atoms with Crippen LogP contribution in [0.1, 0.15) is 60.7 Å². The summed E-state index contributed by atoms with van der Waals surface area (Å²) in [7, 11) is 0. The normalized spacial score (nSPS) is 23.6. The van der Waals surface area contributed by atoms with Crippen molar-refractivity contribution in [1.82, 2.24) is 4.90 Å². The second-order valence-electron chi connectivity index (χ2n) is 5.93. The summed E-state index contributed by atoms with van der Waals surface area (Å²) in [6.07, 6.45) is 10.2. The Morgan fingerprint density at radius 2 is 2.15 bits per heavy atom. The third kappa shape index (κ3) is 2.83. The van der Waals surface area contributed by atoms with Gasteiger partial charge in [0.25, 0.3) is 0 Å². The van der Waals surface area contributed by atoms with Crippen LogP contribution in [-0.4, -0.2) is 17.4 Å². The summed E-state index contributed by atoms with van der Waals surface area (Å²) >= 11 is 1.84. The molecule has 0 radical (unpaired) electrons. The van der Waals surface area contributed by atoms with E-state index in [0.29, 0.717) is 11.9 Å². The number of aryl methyl sites for hydroxylation is 1. The first-order valence-corrected chi connectivity index (χ1v) is 8.63. The molecule has 108 valence electrons. The van der Waals surface area contributed by atoms with Crippen molar-refractivity contribution in [3.8, 4) is 0 Å². The molecule has 1 amide bonds. The average molecular weight is 289 g/mol. The summed E-state index contributed by atoms with van der Waals surface area (Å²) in [5, 5.41) is 0. The zero-order chi connectivity index (χ0) is 13.9. The second-order valence-corrected chi connectivity index (χ2v) is 7.25. The van der Waals surface area contributed by atoms with Crippen LogP contribution in [0.4, 0.5) is 0 Å². The minimum Gasteiger partial charge on any atom is -0.331 e. The van der Waals surface area contributed by atoms with Gasteiger partial charge in [0.15, 0.2) is 0 Å². The molecule has 0 bridgehead atoms. The average Bonchev–Trinajstić information content (AvgIpc) is 2.99. The lowest BCUT2D eigenvalue weighted by molar-refractivity contribution is -0.128. The number of likely N-dealkylation sites (tertiary alicyclic amines) is 1. The first kappa shape index (κ1) is 13.9. The van der Waals surface area contributed by atoms with E-state index >= 15 is 0 Å². The second kappa shape index (κ2) is 6.13. The highest BCUT2D eigenvalue weighted by Gasteiger charge is 2.32. The van der Waals surface area contributed by atoms with Crippen LogP contribution < -0.4 is 0 Å². The Morgan fingerprint density at radius 1 is 1.25 bits per heavy atom. The van der Waals surface area contributed by atoms with E-state index in [9.17, 15) is 4.79 Å². The van der Waals surface area contributed by atoms with Gasteiger partial charge in [-0.05, 0) is 57.6 Å². The molecule has 1 aliphatic carbocycles. The van der Waals surface area contributed by atoms with Crippen LogP contribution in [0, 0.1) is 6.92 Å². The highest BCUT2D eigenvalue weighted by Crippen LogP contribution is 2.37. The van der Waals surface area contributed by atoms with E-state index in [2.05, 4.69) is 30.0 Å². The molecule has 20 heavy (non-hydrogen) atoms. The van der Waals surface area contributed by atoms with Gasteiger partial charge in [-0.25, -0.2) is 0 Å². The van der Waals surface area contributed by atoms with Crippen LogP contribution in [0.5, 0.6) is 0 Å². The zero-order valence-corrected chi connectivity index (χ0v) is 13.0. The molecule has 1 saturated heterocycles. The van der Waals surface area contributed by atoms with Crippen molar-refractivity contribution in [2.75, 3.05) is 6.54 Å². The molecule has 0 spiro atoms. The SMILES string of the molecule is Cc1ccc([C@H]2CCCN2C(=O)C2=CCCCCC2)s1. The quantitative estimate of drug-likeness (QED) is 0.778. The molecule has 3 rings (SSSR count). The Hall–Kier alpha value is -1.09. The van der Waals surface area contributed by atoms with E-state index < -0.39 is 0 Å². The van der Waals surface area contributed by atoms with Crippen LogP contribution in [0.3, 0.4) is 0 Å². The van der Waals surface area contributed by atoms with E-state index in [0.717, 1.165) is 37.8 Å². The number of hydrogen-bond acceptors (Lipinski definition) is 2. The van der Waals surface area contributed by atoms with Gasteiger partial charge in [-0.1, -0.05) is 12.5 Å². The summed E-state index contributed by atoms with van der Waals surface area (Å²) in [5.41, 5.74) is 1.07. The van der Waals surface area contributed by atoms with Gasteiger partial charge in [0, 0.05) is 21.9 Å². The van der Waals surface area contributed by atoms with Crippen LogP contribution in [0.15, 0.2) is 23.8 Å². The molecule has 3 heteroatoms. The summed E-state index contributed by atoms with van der Waals surface area (Å²) in [5.74, 6) is 0.306. The van der Waals surface area contributed by atoms with Gasteiger partial charge in [0.05, 0.1) is 6.04 Å². The highest BCUT2D eigenvalue weighted by atomic mass is 32.1. The molecule has 2 aliphatic rings. The Balaban J connectivity index is 1.77. The molecule has 0 saturated carbocycles. The van der Waals surface area contributed by atoms with Gasteiger partial charge >= 0.3 is 0 Å². The fraction of sp³-hybridized carbons (Fsp3) is 0.588. The molecule has 1 atom stereocenters. The Bertz CT molecular complexity index is 517. The van der Waals surface area contributed by atoms with Crippen molar-refractivity contribution in [3.05, 3.63) is 33.5 Å². The van der Waals surface area contributed by atoms with Crippen molar-refractivity contribution < 1.29 is 4.79 Å². The van der Waals surface area contributed by atoms with Crippen molar-refractivity contribution in [2.24, 2.45) is 0 Å². The number of allylic oxidation sites excluding steroid dienone is 1.